The number of hydrogen-bond acceptors (Lipinski definition) is 5. The molecule has 2 fully saturated rings. The number of alkyl halides is 2. The minimum Gasteiger partial charge on any atom is -0.508 e. The van der Waals surface area contributed by atoms with Gasteiger partial charge in [0.25, 0.3) is 5.91 Å². The van der Waals surface area contributed by atoms with Crippen molar-refractivity contribution in [2.75, 3.05) is 26.2 Å². The Morgan fingerprint density at radius 2 is 1.90 bits per heavy atom. The lowest BCUT2D eigenvalue weighted by Crippen LogP contribution is -2.53. The maximum Gasteiger partial charge on any atom is 0.387 e. The van der Waals surface area contributed by atoms with Crippen LogP contribution in [0, 0.1) is 5.92 Å². The van der Waals surface area contributed by atoms with Crippen LogP contribution in [0.2, 0.25) is 0 Å². The summed E-state index contributed by atoms with van der Waals surface area (Å²) in [4.78, 5) is 36.7. The van der Waals surface area contributed by atoms with E-state index in [4.69, 9.17) is 0 Å². The highest BCUT2D eigenvalue weighted by Crippen LogP contribution is 2.49. The number of nitrogens with zero attached hydrogens (tertiary/aromatic N) is 3. The molecule has 212 valence electrons. The highest BCUT2D eigenvalue weighted by Gasteiger charge is 2.60. The minimum absolute atomic E-state index is 0.0216. The summed E-state index contributed by atoms with van der Waals surface area (Å²) in [6.07, 6.45) is 3.24. The molecular weight excluding hydrogens is 518 g/mol. The summed E-state index contributed by atoms with van der Waals surface area (Å²) in [6, 6.07) is 10.3. The molecule has 0 unspecified atom stereocenters. The number of imide groups is 1. The van der Waals surface area contributed by atoms with Gasteiger partial charge in [0.1, 0.15) is 23.1 Å². The molecule has 2 saturated heterocycles. The van der Waals surface area contributed by atoms with E-state index < -0.39 is 18.2 Å². The van der Waals surface area contributed by atoms with Gasteiger partial charge in [-0.05, 0) is 93.2 Å². The Kier molecular flexibility index (Phi) is 6.68. The number of aromatic nitrogens is 1. The van der Waals surface area contributed by atoms with Crippen LogP contribution in [0.5, 0.6) is 11.5 Å². The second-order valence-corrected chi connectivity index (χ2v) is 11.5. The number of ether oxygens (including phenoxy) is 1. The van der Waals surface area contributed by atoms with Gasteiger partial charge in [-0.25, -0.2) is 4.79 Å². The third-order valence-corrected chi connectivity index (χ3v) is 8.78. The molecule has 2 N–H and O–H groups in total. The number of piperidine rings is 1. The average molecular weight is 553 g/mol. The van der Waals surface area contributed by atoms with Crippen LogP contribution < -0.4 is 4.74 Å². The van der Waals surface area contributed by atoms with E-state index in [1.165, 1.54) is 11.0 Å². The van der Waals surface area contributed by atoms with E-state index in [0.717, 1.165) is 44.0 Å². The summed E-state index contributed by atoms with van der Waals surface area (Å²) in [5.41, 5.74) is 1.61. The van der Waals surface area contributed by atoms with E-state index >= 15 is 0 Å². The fourth-order valence-corrected chi connectivity index (χ4v) is 6.64. The highest BCUT2D eigenvalue weighted by atomic mass is 19.3. The van der Waals surface area contributed by atoms with Crippen molar-refractivity contribution in [3.05, 3.63) is 59.3 Å². The van der Waals surface area contributed by atoms with E-state index in [2.05, 4.69) is 21.5 Å². The predicted octanol–water partition coefficient (Wildman–Crippen LogP) is 5.27. The summed E-state index contributed by atoms with van der Waals surface area (Å²) < 4.78 is 30.6. The number of aromatic hydroxyl groups is 1. The number of carbonyl (C=O) groups excluding carboxylic acids is 2. The molecule has 40 heavy (non-hydrogen) atoms. The fourth-order valence-electron chi connectivity index (χ4n) is 6.64. The number of rotatable bonds is 7. The number of hydrogen-bond donors (Lipinski definition) is 2. The molecule has 3 aliphatic heterocycles. The van der Waals surface area contributed by atoms with E-state index in [1.807, 2.05) is 6.07 Å². The van der Waals surface area contributed by atoms with Crippen LogP contribution in [-0.2, 0) is 11.2 Å². The topological polar surface area (TPSA) is 89.1 Å². The quantitative estimate of drug-likeness (QED) is 0.390. The monoisotopic (exact) mass is 552 g/mol. The van der Waals surface area contributed by atoms with Crippen LogP contribution in [0.1, 0.15) is 56.0 Å². The molecule has 6 rings (SSSR count). The lowest BCUT2D eigenvalue weighted by atomic mass is 9.81. The van der Waals surface area contributed by atoms with Gasteiger partial charge in [0.2, 0.25) is 0 Å². The van der Waals surface area contributed by atoms with E-state index in [0.29, 0.717) is 35.1 Å². The normalized spacial score (nSPS) is 23.8. The number of H-pyrrole nitrogens is 1. The maximum absolute atomic E-state index is 14.0. The summed E-state index contributed by atoms with van der Waals surface area (Å²) in [5.74, 6) is 0.526. The number of halogens is 2. The van der Waals surface area contributed by atoms with Crippen molar-refractivity contribution >= 4 is 22.8 Å². The van der Waals surface area contributed by atoms with Crippen LogP contribution in [-0.4, -0.2) is 75.1 Å². The molecule has 3 amide bonds. The second-order valence-electron chi connectivity index (χ2n) is 11.5. The third-order valence-electron chi connectivity index (χ3n) is 8.78. The van der Waals surface area contributed by atoms with Crippen LogP contribution in [0.3, 0.4) is 0 Å². The van der Waals surface area contributed by atoms with Crippen molar-refractivity contribution in [3.63, 3.8) is 0 Å². The molecule has 3 aliphatic rings. The van der Waals surface area contributed by atoms with Crippen LogP contribution in [0.25, 0.3) is 10.9 Å². The highest BCUT2D eigenvalue weighted by molar-refractivity contribution is 6.08. The Morgan fingerprint density at radius 3 is 2.62 bits per heavy atom. The molecule has 3 aromatic rings. The van der Waals surface area contributed by atoms with Gasteiger partial charge in [-0.1, -0.05) is 19.1 Å². The van der Waals surface area contributed by atoms with Gasteiger partial charge in [-0.15, -0.1) is 0 Å². The first kappa shape index (κ1) is 26.6. The Bertz CT molecular complexity index is 1450. The van der Waals surface area contributed by atoms with E-state index in [9.17, 15) is 23.5 Å². The van der Waals surface area contributed by atoms with Gasteiger partial charge in [0.15, 0.2) is 0 Å². The fraction of sp³-hybridized carbons (Fsp3) is 0.467. The molecule has 0 radical (unpaired) electrons. The molecule has 4 heterocycles. The molecule has 2 atom stereocenters. The molecule has 0 bridgehead atoms. The SMILES string of the molecule is CC1CCN(CCCN2C(=O)N3[C@H](c4cccc(O)c4)c4[nH]c5ccc(OC(F)F)cc5c4C[C@@]3(C)C2=O)CC1. The standard InChI is InChI=1S/C30H34F2N4O4/c1-18-9-13-34(14-10-18)11-4-12-35-27(38)30(2)17-23-22-16-21(40-28(31)32)7-8-24(22)33-25(23)26(36(30)29(35)39)19-5-3-6-20(37)15-19/h3,5-8,15-16,18,26,28,33,37H,4,9-14,17H2,1-2H3/t26-,30+/m1/s1. The lowest BCUT2D eigenvalue weighted by molar-refractivity contribution is -0.133. The van der Waals surface area contributed by atoms with Crippen molar-refractivity contribution in [2.24, 2.45) is 5.92 Å². The van der Waals surface area contributed by atoms with Gasteiger partial charge in [-0.3, -0.25) is 14.6 Å². The predicted molar refractivity (Wildman–Crippen MR) is 145 cm³/mol. The third kappa shape index (κ3) is 4.48. The van der Waals surface area contributed by atoms with Crippen molar-refractivity contribution in [1.82, 2.24) is 19.7 Å². The molecule has 8 nitrogen and oxygen atoms in total. The molecule has 2 aromatic carbocycles. The number of phenols is 1. The van der Waals surface area contributed by atoms with Gasteiger partial charge in [-0.2, -0.15) is 8.78 Å². The summed E-state index contributed by atoms with van der Waals surface area (Å²) in [7, 11) is 0. The molecular formula is C30H34F2N4O4. The Morgan fingerprint density at radius 1 is 1.12 bits per heavy atom. The number of urea groups is 1. The van der Waals surface area contributed by atoms with Gasteiger partial charge < -0.3 is 19.7 Å². The van der Waals surface area contributed by atoms with Gasteiger partial charge >= 0.3 is 12.6 Å². The zero-order valence-corrected chi connectivity index (χ0v) is 22.7. The largest absolute Gasteiger partial charge is 0.508 e. The summed E-state index contributed by atoms with van der Waals surface area (Å²) >= 11 is 0. The van der Waals surface area contributed by atoms with Crippen LogP contribution in [0.4, 0.5) is 13.6 Å². The number of carbonyl (C=O) groups is 2. The molecule has 0 spiro atoms. The van der Waals surface area contributed by atoms with Gasteiger partial charge in [0, 0.05) is 29.6 Å². The smallest absolute Gasteiger partial charge is 0.387 e. The van der Waals surface area contributed by atoms with Gasteiger partial charge in [0.05, 0.1) is 0 Å². The number of likely N-dealkylation sites (tertiary alicyclic amines) is 1. The Labute approximate surface area is 231 Å². The minimum atomic E-state index is -2.96. The van der Waals surface area contributed by atoms with Crippen molar-refractivity contribution in [1.29, 1.82) is 0 Å². The Hall–Kier alpha value is -3.66. The van der Waals surface area contributed by atoms with E-state index in [1.54, 1.807) is 42.2 Å². The number of fused-ring (bicyclic) bond motifs is 4. The zero-order chi connectivity index (χ0) is 28.2. The number of phenolic OH excluding ortho intramolecular Hbond substituents is 1. The van der Waals surface area contributed by atoms with Crippen LogP contribution >= 0.6 is 0 Å². The van der Waals surface area contributed by atoms with Crippen LogP contribution in [0.15, 0.2) is 42.5 Å². The molecule has 1 aromatic heterocycles. The first-order valence-corrected chi connectivity index (χ1v) is 13.9. The Balaban J connectivity index is 1.36. The van der Waals surface area contributed by atoms with E-state index in [-0.39, 0.29) is 29.9 Å². The second kappa shape index (κ2) is 10.1. The lowest BCUT2D eigenvalue weighted by Gasteiger charge is -2.42. The molecule has 0 aliphatic carbocycles. The van der Waals surface area contributed by atoms with Crippen molar-refractivity contribution in [3.8, 4) is 11.5 Å². The number of benzene rings is 2. The summed E-state index contributed by atoms with van der Waals surface area (Å²) in [5, 5.41) is 11.0. The molecule has 10 heteroatoms. The summed E-state index contributed by atoms with van der Waals surface area (Å²) in [6.45, 7) is 4.30. The first-order chi connectivity index (χ1) is 19.2. The first-order valence-electron chi connectivity index (χ1n) is 13.9. The zero-order valence-electron chi connectivity index (χ0n) is 22.7. The number of aromatic amines is 1. The van der Waals surface area contributed by atoms with Crippen molar-refractivity contribution < 1.29 is 28.2 Å². The molecule has 0 saturated carbocycles. The number of amides is 3. The number of nitrogens with one attached hydrogen (secondary N) is 1. The maximum atomic E-state index is 14.0. The van der Waals surface area contributed by atoms with Crippen molar-refractivity contribution in [2.45, 2.75) is 57.7 Å². The average Bonchev–Trinajstić information content (AvgIpc) is 3.35.